The van der Waals surface area contributed by atoms with Gasteiger partial charge in [0.2, 0.25) is 0 Å². The Morgan fingerprint density at radius 2 is 2.28 bits per heavy atom. The summed E-state index contributed by atoms with van der Waals surface area (Å²) in [5.41, 5.74) is 1.19. The summed E-state index contributed by atoms with van der Waals surface area (Å²) >= 11 is 3.72. The van der Waals surface area contributed by atoms with Crippen LogP contribution in [0.2, 0.25) is 0 Å². The summed E-state index contributed by atoms with van der Waals surface area (Å²) in [7, 11) is 2.15. The van der Waals surface area contributed by atoms with E-state index in [1.807, 2.05) is 23.1 Å². The third-order valence-electron chi connectivity index (χ3n) is 3.38. The molecule has 1 saturated carbocycles. The van der Waals surface area contributed by atoms with Gasteiger partial charge in [-0.3, -0.25) is 0 Å². The fraction of sp³-hybridized carbons (Fsp3) is 0.769. The monoisotopic (exact) mass is 285 g/mol. The summed E-state index contributed by atoms with van der Waals surface area (Å²) < 4.78 is 0. The number of rotatable bonds is 7. The number of hydrogen-bond donors (Lipinski definition) is 1. The van der Waals surface area contributed by atoms with Crippen LogP contribution in [0.4, 0.5) is 5.13 Å². The molecule has 0 spiro atoms. The van der Waals surface area contributed by atoms with Crippen molar-refractivity contribution in [2.75, 3.05) is 24.0 Å². The summed E-state index contributed by atoms with van der Waals surface area (Å²) in [6, 6.07) is 1.30. The Morgan fingerprint density at radius 1 is 1.56 bits per heavy atom. The third-order valence-corrected chi connectivity index (χ3v) is 5.44. The van der Waals surface area contributed by atoms with Crippen molar-refractivity contribution in [3.8, 4) is 0 Å². The quantitative estimate of drug-likeness (QED) is 0.834. The first kappa shape index (κ1) is 14.2. The molecule has 2 rings (SSSR count). The summed E-state index contributed by atoms with van der Waals surface area (Å²) in [4.78, 5) is 8.40. The number of nitrogens with zero attached hydrogens (tertiary/aromatic N) is 2. The summed E-state index contributed by atoms with van der Waals surface area (Å²) in [5.74, 6) is 1.14. The minimum Gasteiger partial charge on any atom is -0.348 e. The second kappa shape index (κ2) is 6.26. The molecular formula is C13H23N3S2. The Balaban J connectivity index is 1.97. The normalized spacial score (nSPS) is 16.9. The van der Waals surface area contributed by atoms with Crippen LogP contribution in [-0.2, 0) is 6.54 Å². The van der Waals surface area contributed by atoms with Gasteiger partial charge in [-0.15, -0.1) is 11.3 Å². The van der Waals surface area contributed by atoms with Gasteiger partial charge in [-0.25, -0.2) is 4.98 Å². The van der Waals surface area contributed by atoms with Crippen molar-refractivity contribution in [1.82, 2.24) is 10.3 Å². The highest BCUT2D eigenvalue weighted by molar-refractivity contribution is 7.98. The number of anilines is 1. The largest absolute Gasteiger partial charge is 0.348 e. The van der Waals surface area contributed by atoms with Gasteiger partial charge < -0.3 is 10.2 Å². The lowest BCUT2D eigenvalue weighted by Gasteiger charge is -2.23. The average molecular weight is 285 g/mol. The number of thioether (sulfide) groups is 1. The number of aryl methyl sites for hydroxylation is 1. The molecule has 0 amide bonds. The van der Waals surface area contributed by atoms with Gasteiger partial charge in [0.15, 0.2) is 5.13 Å². The highest BCUT2D eigenvalue weighted by Gasteiger charge is 2.21. The van der Waals surface area contributed by atoms with E-state index in [2.05, 4.69) is 37.4 Å². The van der Waals surface area contributed by atoms with Crippen LogP contribution in [0.15, 0.2) is 0 Å². The first-order valence-corrected chi connectivity index (χ1v) is 8.74. The molecule has 1 N–H and O–H groups in total. The van der Waals surface area contributed by atoms with Crippen LogP contribution < -0.4 is 10.2 Å². The van der Waals surface area contributed by atoms with Crippen LogP contribution in [0.5, 0.6) is 0 Å². The Hall–Kier alpha value is -0.260. The molecule has 0 radical (unpaired) electrons. The van der Waals surface area contributed by atoms with Gasteiger partial charge in [0.25, 0.3) is 0 Å². The van der Waals surface area contributed by atoms with E-state index in [0.29, 0.717) is 6.04 Å². The second-order valence-corrected chi connectivity index (χ2v) is 7.05. The zero-order valence-corrected chi connectivity index (χ0v) is 13.3. The van der Waals surface area contributed by atoms with Crippen LogP contribution in [0.25, 0.3) is 0 Å². The molecule has 3 nitrogen and oxygen atoms in total. The molecule has 102 valence electrons. The van der Waals surface area contributed by atoms with E-state index in [9.17, 15) is 0 Å². The SMILES string of the molecule is CSCC(C)N(C)c1nc(C)c(CNC2CC2)s1. The number of thiazole rings is 1. The van der Waals surface area contributed by atoms with Crippen LogP contribution in [0.3, 0.4) is 0 Å². The standard InChI is InChI=1S/C13H23N3S2/c1-9(8-17-4)16(3)13-15-10(2)12(18-13)7-14-11-5-6-11/h9,11,14H,5-8H2,1-4H3. The van der Waals surface area contributed by atoms with Crippen LogP contribution in [0.1, 0.15) is 30.3 Å². The predicted octanol–water partition coefficient (Wildman–Crippen LogP) is 2.89. The lowest BCUT2D eigenvalue weighted by Crippen LogP contribution is -2.30. The van der Waals surface area contributed by atoms with Crippen LogP contribution in [-0.4, -0.2) is 36.1 Å². The van der Waals surface area contributed by atoms with E-state index < -0.39 is 0 Å². The van der Waals surface area contributed by atoms with Crippen molar-refractivity contribution in [1.29, 1.82) is 0 Å². The average Bonchev–Trinajstić information content (AvgIpc) is 3.10. The zero-order chi connectivity index (χ0) is 13.1. The molecule has 0 aliphatic heterocycles. The van der Waals surface area contributed by atoms with Crippen molar-refractivity contribution < 1.29 is 0 Å². The summed E-state index contributed by atoms with van der Waals surface area (Å²) in [5, 5.41) is 4.72. The second-order valence-electron chi connectivity index (χ2n) is 5.08. The molecule has 1 aromatic rings. The third kappa shape index (κ3) is 3.62. The van der Waals surface area contributed by atoms with Crippen LogP contribution in [0, 0.1) is 6.92 Å². The topological polar surface area (TPSA) is 28.2 Å². The maximum Gasteiger partial charge on any atom is 0.185 e. The Morgan fingerprint density at radius 3 is 2.89 bits per heavy atom. The Labute approximate surface area is 118 Å². The summed E-state index contributed by atoms with van der Waals surface area (Å²) in [6.07, 6.45) is 4.84. The first-order valence-electron chi connectivity index (χ1n) is 6.53. The molecule has 5 heteroatoms. The lowest BCUT2D eigenvalue weighted by molar-refractivity contribution is 0.691. The fourth-order valence-corrected chi connectivity index (χ4v) is 3.58. The minimum absolute atomic E-state index is 0.537. The van der Waals surface area contributed by atoms with Gasteiger partial charge in [-0.2, -0.15) is 11.8 Å². The summed E-state index contributed by atoms with van der Waals surface area (Å²) in [6.45, 7) is 5.37. The van der Waals surface area contributed by atoms with E-state index in [1.54, 1.807) is 0 Å². The van der Waals surface area contributed by atoms with Crippen molar-refractivity contribution in [3.05, 3.63) is 10.6 Å². The molecule has 1 unspecified atom stereocenters. The van der Waals surface area contributed by atoms with E-state index >= 15 is 0 Å². The molecule has 0 saturated heterocycles. The van der Waals surface area contributed by atoms with Gasteiger partial charge in [-0.05, 0) is 32.9 Å². The highest BCUT2D eigenvalue weighted by Crippen LogP contribution is 2.28. The molecule has 1 aliphatic carbocycles. The van der Waals surface area contributed by atoms with Gasteiger partial charge in [0.1, 0.15) is 0 Å². The molecular weight excluding hydrogens is 262 g/mol. The molecule has 0 aromatic carbocycles. The van der Waals surface area contributed by atoms with Crippen molar-refractivity contribution in [3.63, 3.8) is 0 Å². The van der Waals surface area contributed by atoms with Crippen molar-refractivity contribution in [2.45, 2.75) is 45.3 Å². The lowest BCUT2D eigenvalue weighted by atomic mass is 10.3. The minimum atomic E-state index is 0.537. The Kier molecular flexibility index (Phi) is 4.92. The maximum atomic E-state index is 4.71. The van der Waals surface area contributed by atoms with Gasteiger partial charge in [0, 0.05) is 36.3 Å². The van der Waals surface area contributed by atoms with Gasteiger partial charge in [-0.1, -0.05) is 0 Å². The van der Waals surface area contributed by atoms with E-state index in [4.69, 9.17) is 4.98 Å². The molecule has 1 heterocycles. The van der Waals surface area contributed by atoms with Crippen LogP contribution >= 0.6 is 23.1 Å². The molecule has 1 aromatic heterocycles. The zero-order valence-electron chi connectivity index (χ0n) is 11.7. The Bertz CT molecular complexity index is 388. The first-order chi connectivity index (χ1) is 8.61. The molecule has 1 fully saturated rings. The van der Waals surface area contributed by atoms with Crippen molar-refractivity contribution in [2.24, 2.45) is 0 Å². The number of nitrogens with one attached hydrogen (secondary N) is 1. The molecule has 0 bridgehead atoms. The van der Waals surface area contributed by atoms with Gasteiger partial charge in [0.05, 0.1) is 5.69 Å². The van der Waals surface area contributed by atoms with E-state index in [0.717, 1.165) is 23.5 Å². The maximum absolute atomic E-state index is 4.71. The fourth-order valence-electron chi connectivity index (χ4n) is 1.79. The van der Waals surface area contributed by atoms with E-state index in [1.165, 1.54) is 23.4 Å². The van der Waals surface area contributed by atoms with Crippen molar-refractivity contribution >= 4 is 28.2 Å². The number of aromatic nitrogens is 1. The molecule has 1 aliphatic rings. The predicted molar refractivity (Wildman–Crippen MR) is 83.0 cm³/mol. The van der Waals surface area contributed by atoms with E-state index in [-0.39, 0.29) is 0 Å². The smallest absolute Gasteiger partial charge is 0.185 e. The van der Waals surface area contributed by atoms with Gasteiger partial charge >= 0.3 is 0 Å². The molecule has 18 heavy (non-hydrogen) atoms. The number of hydrogen-bond acceptors (Lipinski definition) is 5. The highest BCUT2D eigenvalue weighted by atomic mass is 32.2. The molecule has 1 atom stereocenters.